The molecule has 2 aliphatic carbocycles. The van der Waals surface area contributed by atoms with Crippen LogP contribution in [0.15, 0.2) is 0 Å². The lowest BCUT2D eigenvalue weighted by molar-refractivity contribution is -0.137. The summed E-state index contributed by atoms with van der Waals surface area (Å²) in [6.07, 6.45) is 8.33. The van der Waals surface area contributed by atoms with Gasteiger partial charge >= 0.3 is 11.9 Å². The van der Waals surface area contributed by atoms with Crippen LogP contribution < -0.4 is 10.6 Å². The van der Waals surface area contributed by atoms with Crippen LogP contribution >= 0.6 is 0 Å². The van der Waals surface area contributed by atoms with Gasteiger partial charge in [0.25, 0.3) is 0 Å². The predicted molar refractivity (Wildman–Crippen MR) is 71.2 cm³/mol. The molecule has 0 aliphatic heterocycles. The number of rotatable bonds is 6. The zero-order chi connectivity index (χ0) is 14.1. The Labute approximate surface area is 113 Å². The monoisotopic (exact) mass is 272 g/mol. The van der Waals surface area contributed by atoms with Crippen LogP contribution in [0.2, 0.25) is 0 Å². The highest BCUT2D eigenvalue weighted by atomic mass is 16.4. The van der Waals surface area contributed by atoms with Crippen molar-refractivity contribution < 1.29 is 19.8 Å². The van der Waals surface area contributed by atoms with Crippen LogP contribution in [0.4, 0.5) is 0 Å². The second-order valence-corrected chi connectivity index (χ2v) is 5.16. The van der Waals surface area contributed by atoms with E-state index in [-0.39, 0.29) is 13.1 Å². The van der Waals surface area contributed by atoms with Crippen LogP contribution in [-0.4, -0.2) is 47.3 Å². The van der Waals surface area contributed by atoms with Gasteiger partial charge in [-0.3, -0.25) is 9.59 Å². The van der Waals surface area contributed by atoms with Gasteiger partial charge in [0, 0.05) is 12.1 Å². The quantitative estimate of drug-likeness (QED) is 0.571. The molecule has 0 saturated heterocycles. The lowest BCUT2D eigenvalue weighted by Gasteiger charge is -2.25. The molecule has 0 unspecified atom stereocenters. The third-order valence-corrected chi connectivity index (χ3v) is 3.54. The van der Waals surface area contributed by atoms with Gasteiger partial charge in [0.1, 0.15) is 0 Å². The molecule has 6 heteroatoms. The Kier molecular flexibility index (Phi) is 7.43. The molecular weight excluding hydrogens is 248 g/mol. The lowest BCUT2D eigenvalue weighted by Crippen LogP contribution is -2.38. The van der Waals surface area contributed by atoms with E-state index < -0.39 is 11.9 Å². The zero-order valence-electron chi connectivity index (χ0n) is 11.2. The van der Waals surface area contributed by atoms with E-state index in [4.69, 9.17) is 10.2 Å². The number of carboxylic acids is 2. The molecule has 0 spiro atoms. The van der Waals surface area contributed by atoms with Gasteiger partial charge in [0.05, 0.1) is 13.1 Å². The Hall–Kier alpha value is -1.14. The van der Waals surface area contributed by atoms with Crippen molar-refractivity contribution in [2.45, 2.75) is 57.0 Å². The minimum atomic E-state index is -0.762. The molecule has 0 atom stereocenters. The number of carboxylic acid groups (broad SMARTS) is 2. The molecular formula is C13H24N2O4. The van der Waals surface area contributed by atoms with Crippen molar-refractivity contribution in [3.8, 4) is 0 Å². The largest absolute Gasteiger partial charge is 0.480 e. The summed E-state index contributed by atoms with van der Waals surface area (Å²) >= 11 is 0. The highest BCUT2D eigenvalue weighted by Gasteiger charge is 2.16. The minimum absolute atomic E-state index is 0.116. The topological polar surface area (TPSA) is 98.7 Å². The van der Waals surface area contributed by atoms with Gasteiger partial charge in [0.15, 0.2) is 0 Å². The standard InChI is InChI=1S/C7H13NO2.C6H11NO2/c9-7(10)5-8-6-3-1-2-4-6;8-6(9)4-7-5-2-1-3-5/h6,8H,1-5H2,(H,9,10);5,7H,1-4H2,(H,8,9). The van der Waals surface area contributed by atoms with Crippen LogP contribution in [0, 0.1) is 0 Å². The van der Waals surface area contributed by atoms with E-state index in [9.17, 15) is 9.59 Å². The van der Waals surface area contributed by atoms with Gasteiger partial charge in [-0.2, -0.15) is 0 Å². The molecule has 110 valence electrons. The number of nitrogens with one attached hydrogen (secondary N) is 2. The predicted octanol–water partition coefficient (Wildman–Crippen LogP) is 0.816. The van der Waals surface area contributed by atoms with Gasteiger partial charge in [-0.05, 0) is 25.7 Å². The third-order valence-electron chi connectivity index (χ3n) is 3.54. The lowest BCUT2D eigenvalue weighted by atomic mass is 9.93. The summed E-state index contributed by atoms with van der Waals surface area (Å²) in [6.45, 7) is 0.231. The fraction of sp³-hybridized carbons (Fsp3) is 0.846. The fourth-order valence-corrected chi connectivity index (χ4v) is 2.21. The summed E-state index contributed by atoms with van der Waals surface area (Å²) in [5, 5.41) is 22.4. The SMILES string of the molecule is O=C(O)CNC1CCC1.O=C(O)CNC1CCCC1. The molecule has 0 amide bonds. The van der Waals surface area contributed by atoms with Crippen molar-refractivity contribution >= 4 is 11.9 Å². The molecule has 2 saturated carbocycles. The van der Waals surface area contributed by atoms with Gasteiger partial charge in [0.2, 0.25) is 0 Å². The average Bonchev–Trinajstić information content (AvgIpc) is 2.77. The second-order valence-electron chi connectivity index (χ2n) is 5.16. The summed E-state index contributed by atoms with van der Waals surface area (Å²) in [6, 6.07) is 0.956. The van der Waals surface area contributed by atoms with E-state index in [0.29, 0.717) is 12.1 Å². The summed E-state index contributed by atoms with van der Waals surface area (Å²) in [4.78, 5) is 20.1. The molecule has 2 rings (SSSR count). The number of aliphatic carboxylic acids is 2. The van der Waals surface area contributed by atoms with Crippen molar-refractivity contribution in [3.63, 3.8) is 0 Å². The van der Waals surface area contributed by atoms with E-state index >= 15 is 0 Å². The van der Waals surface area contributed by atoms with E-state index in [1.54, 1.807) is 0 Å². The average molecular weight is 272 g/mol. The Morgan fingerprint density at radius 2 is 1.16 bits per heavy atom. The van der Waals surface area contributed by atoms with Gasteiger partial charge in [-0.15, -0.1) is 0 Å². The van der Waals surface area contributed by atoms with Crippen LogP contribution in [0.25, 0.3) is 0 Å². The van der Waals surface area contributed by atoms with Crippen molar-refractivity contribution in [1.82, 2.24) is 10.6 Å². The molecule has 0 radical (unpaired) electrons. The summed E-state index contributed by atoms with van der Waals surface area (Å²) in [7, 11) is 0. The first-order chi connectivity index (χ1) is 9.08. The van der Waals surface area contributed by atoms with E-state index in [0.717, 1.165) is 25.7 Å². The molecule has 2 fully saturated rings. The van der Waals surface area contributed by atoms with Crippen molar-refractivity contribution in [2.24, 2.45) is 0 Å². The highest BCUT2D eigenvalue weighted by Crippen LogP contribution is 2.17. The third kappa shape index (κ3) is 7.79. The molecule has 0 aromatic carbocycles. The van der Waals surface area contributed by atoms with Crippen LogP contribution in [0.1, 0.15) is 44.9 Å². The second kappa shape index (κ2) is 8.87. The van der Waals surface area contributed by atoms with Crippen molar-refractivity contribution in [1.29, 1.82) is 0 Å². The molecule has 4 N–H and O–H groups in total. The first-order valence-electron chi connectivity index (χ1n) is 6.98. The summed E-state index contributed by atoms with van der Waals surface area (Å²) < 4.78 is 0. The van der Waals surface area contributed by atoms with E-state index in [2.05, 4.69) is 10.6 Å². The number of hydrogen-bond donors (Lipinski definition) is 4. The minimum Gasteiger partial charge on any atom is -0.480 e. The Morgan fingerprint density at radius 3 is 1.42 bits per heavy atom. The van der Waals surface area contributed by atoms with Crippen molar-refractivity contribution in [3.05, 3.63) is 0 Å². The van der Waals surface area contributed by atoms with Crippen molar-refractivity contribution in [2.75, 3.05) is 13.1 Å². The highest BCUT2D eigenvalue weighted by molar-refractivity contribution is 5.69. The molecule has 0 bridgehead atoms. The Balaban J connectivity index is 0.000000191. The Bertz CT molecular complexity index is 286. The normalized spacial score (nSPS) is 19.4. The first-order valence-corrected chi connectivity index (χ1v) is 6.98. The molecule has 6 nitrogen and oxygen atoms in total. The summed E-state index contributed by atoms with van der Waals surface area (Å²) in [5.74, 6) is -1.52. The maximum Gasteiger partial charge on any atom is 0.317 e. The van der Waals surface area contributed by atoms with Crippen LogP contribution in [0.3, 0.4) is 0 Å². The maximum atomic E-state index is 10.1. The Morgan fingerprint density at radius 1 is 0.789 bits per heavy atom. The molecule has 19 heavy (non-hydrogen) atoms. The first kappa shape index (κ1) is 15.9. The number of hydrogen-bond acceptors (Lipinski definition) is 4. The molecule has 0 aromatic heterocycles. The van der Waals surface area contributed by atoms with Crippen LogP contribution in [0.5, 0.6) is 0 Å². The molecule has 0 heterocycles. The van der Waals surface area contributed by atoms with Gasteiger partial charge in [-0.25, -0.2) is 0 Å². The van der Waals surface area contributed by atoms with Gasteiger partial charge in [-0.1, -0.05) is 19.3 Å². The smallest absolute Gasteiger partial charge is 0.317 e. The fourth-order valence-electron chi connectivity index (χ4n) is 2.21. The summed E-state index contributed by atoms with van der Waals surface area (Å²) in [5.41, 5.74) is 0. The number of carbonyl (C=O) groups is 2. The zero-order valence-corrected chi connectivity index (χ0v) is 11.2. The molecule has 2 aliphatic rings. The maximum absolute atomic E-state index is 10.1. The van der Waals surface area contributed by atoms with E-state index in [1.807, 2.05) is 0 Å². The van der Waals surface area contributed by atoms with Gasteiger partial charge < -0.3 is 20.8 Å². The van der Waals surface area contributed by atoms with E-state index in [1.165, 1.54) is 19.3 Å². The molecule has 0 aromatic rings. The van der Waals surface area contributed by atoms with Crippen LogP contribution in [-0.2, 0) is 9.59 Å².